The van der Waals surface area contributed by atoms with Crippen LogP contribution in [0.4, 0.5) is 9.52 Å². The molecule has 1 aromatic heterocycles. The molecule has 0 saturated heterocycles. The lowest BCUT2D eigenvalue weighted by molar-refractivity contribution is -0.118. The van der Waals surface area contributed by atoms with E-state index in [9.17, 15) is 14.0 Å². The number of thiazole rings is 1. The summed E-state index contributed by atoms with van der Waals surface area (Å²) in [6.07, 6.45) is 0. The average Bonchev–Trinajstić information content (AvgIpc) is 3.19. The lowest BCUT2D eigenvalue weighted by Crippen LogP contribution is -2.31. The molecule has 5 nitrogen and oxygen atoms in total. The molecule has 142 valence electrons. The number of carbonyl (C=O) groups is 2. The highest BCUT2D eigenvalue weighted by atomic mass is 35.5. The monoisotopic (exact) mass is 416 g/mol. The Morgan fingerprint density at radius 2 is 2.04 bits per heavy atom. The molecule has 1 amide bonds. The molecule has 0 radical (unpaired) electrons. The molecule has 0 N–H and O–H groups in total. The Labute approximate surface area is 169 Å². The number of ketones is 1. The van der Waals surface area contributed by atoms with Crippen molar-refractivity contribution in [3.05, 3.63) is 70.2 Å². The summed E-state index contributed by atoms with van der Waals surface area (Å²) in [6, 6.07) is 10.3. The zero-order valence-electron chi connectivity index (χ0n) is 14.9. The van der Waals surface area contributed by atoms with Crippen LogP contribution in [0.3, 0.4) is 0 Å². The van der Waals surface area contributed by atoms with Crippen LogP contribution in [0.25, 0.3) is 10.2 Å². The van der Waals surface area contributed by atoms with Crippen LogP contribution in [0, 0.1) is 5.82 Å². The van der Waals surface area contributed by atoms with Crippen molar-refractivity contribution in [2.75, 3.05) is 12.0 Å². The molecule has 4 rings (SSSR count). The minimum absolute atomic E-state index is 0.0990. The first-order valence-electron chi connectivity index (χ1n) is 8.35. The number of aromatic nitrogens is 1. The van der Waals surface area contributed by atoms with Gasteiger partial charge in [0.2, 0.25) is 0 Å². The molecule has 0 saturated carbocycles. The summed E-state index contributed by atoms with van der Waals surface area (Å²) in [5.41, 5.74) is 0.958. The van der Waals surface area contributed by atoms with Gasteiger partial charge >= 0.3 is 0 Å². The molecular weight excluding hydrogens is 403 g/mol. The van der Waals surface area contributed by atoms with Crippen molar-refractivity contribution in [2.45, 2.75) is 13.0 Å². The highest BCUT2D eigenvalue weighted by Gasteiger charge is 2.46. The quantitative estimate of drug-likeness (QED) is 0.620. The van der Waals surface area contributed by atoms with Gasteiger partial charge in [-0.25, -0.2) is 9.37 Å². The second-order valence-corrected chi connectivity index (χ2v) is 7.66. The van der Waals surface area contributed by atoms with E-state index in [0.717, 1.165) is 4.70 Å². The van der Waals surface area contributed by atoms with Crippen molar-refractivity contribution in [1.82, 2.24) is 4.98 Å². The van der Waals surface area contributed by atoms with E-state index in [1.807, 2.05) is 0 Å². The minimum Gasteiger partial charge on any atom is -0.491 e. The number of benzene rings is 2. The number of halogens is 2. The summed E-state index contributed by atoms with van der Waals surface area (Å²) >= 11 is 7.28. The molecule has 0 bridgehead atoms. The third-order valence-corrected chi connectivity index (χ3v) is 5.77. The van der Waals surface area contributed by atoms with Gasteiger partial charge in [-0.3, -0.25) is 14.5 Å². The van der Waals surface area contributed by atoms with E-state index in [1.54, 1.807) is 36.4 Å². The summed E-state index contributed by atoms with van der Waals surface area (Å²) in [7, 11) is 1.32. The number of methoxy groups -OCH3 is 1. The van der Waals surface area contributed by atoms with Crippen molar-refractivity contribution in [3.63, 3.8) is 0 Å². The molecule has 2 heterocycles. The topological polar surface area (TPSA) is 59.5 Å². The molecule has 2 aromatic carbocycles. The van der Waals surface area contributed by atoms with Crippen molar-refractivity contribution in [1.29, 1.82) is 0 Å². The van der Waals surface area contributed by atoms with E-state index < -0.39 is 17.8 Å². The van der Waals surface area contributed by atoms with Gasteiger partial charge in [0.25, 0.3) is 5.91 Å². The highest BCUT2D eigenvalue weighted by Crippen LogP contribution is 2.44. The van der Waals surface area contributed by atoms with E-state index in [1.165, 1.54) is 36.3 Å². The second-order valence-electron chi connectivity index (χ2n) is 6.21. The average molecular weight is 417 g/mol. The van der Waals surface area contributed by atoms with Crippen molar-refractivity contribution in [3.8, 4) is 0 Å². The molecular formula is C20H14ClFN2O3S. The van der Waals surface area contributed by atoms with Crippen LogP contribution in [0.1, 0.15) is 18.5 Å². The number of amides is 1. The molecule has 1 unspecified atom stereocenters. The van der Waals surface area contributed by atoms with Crippen LogP contribution in [0.5, 0.6) is 0 Å². The Morgan fingerprint density at radius 1 is 1.29 bits per heavy atom. The number of anilines is 1. The van der Waals surface area contributed by atoms with Gasteiger partial charge in [0.1, 0.15) is 11.9 Å². The Hall–Kier alpha value is -2.77. The fraction of sp³-hybridized carbons (Fsp3) is 0.150. The van der Waals surface area contributed by atoms with Crippen LogP contribution < -0.4 is 4.90 Å². The largest absolute Gasteiger partial charge is 0.491 e. The molecule has 28 heavy (non-hydrogen) atoms. The summed E-state index contributed by atoms with van der Waals surface area (Å²) in [5.74, 6) is -1.53. The van der Waals surface area contributed by atoms with Crippen LogP contribution >= 0.6 is 22.9 Å². The highest BCUT2D eigenvalue weighted by molar-refractivity contribution is 7.22. The number of ether oxygens (including phenoxy) is 1. The van der Waals surface area contributed by atoms with Crippen molar-refractivity contribution >= 4 is 50.0 Å². The van der Waals surface area contributed by atoms with E-state index in [0.29, 0.717) is 15.7 Å². The summed E-state index contributed by atoms with van der Waals surface area (Å²) in [6.45, 7) is 1.33. The Bertz CT molecular complexity index is 1160. The predicted octanol–water partition coefficient (Wildman–Crippen LogP) is 4.67. The first kappa shape index (κ1) is 18.6. The number of hydrogen-bond acceptors (Lipinski definition) is 5. The van der Waals surface area contributed by atoms with Crippen LogP contribution in [-0.4, -0.2) is 23.8 Å². The predicted molar refractivity (Wildman–Crippen MR) is 106 cm³/mol. The van der Waals surface area contributed by atoms with Gasteiger partial charge < -0.3 is 4.74 Å². The maximum absolute atomic E-state index is 14.6. The minimum atomic E-state index is -0.961. The maximum atomic E-state index is 14.6. The van der Waals surface area contributed by atoms with Crippen molar-refractivity contribution in [2.24, 2.45) is 0 Å². The van der Waals surface area contributed by atoms with Gasteiger partial charge in [-0.1, -0.05) is 41.1 Å². The zero-order valence-corrected chi connectivity index (χ0v) is 16.5. The number of nitrogens with zero attached hydrogens (tertiary/aromatic N) is 2. The lowest BCUT2D eigenvalue weighted by atomic mass is 9.96. The molecule has 0 aliphatic carbocycles. The van der Waals surface area contributed by atoms with Gasteiger partial charge in [0, 0.05) is 10.6 Å². The second kappa shape index (κ2) is 7.00. The number of fused-ring (bicyclic) bond motifs is 1. The molecule has 8 heteroatoms. The molecule has 1 aliphatic rings. The summed E-state index contributed by atoms with van der Waals surface area (Å²) < 4.78 is 20.6. The first-order chi connectivity index (χ1) is 13.4. The maximum Gasteiger partial charge on any atom is 0.296 e. The van der Waals surface area contributed by atoms with E-state index in [-0.39, 0.29) is 22.7 Å². The number of carbonyl (C=O) groups excluding carboxylic acids is 2. The third-order valence-electron chi connectivity index (χ3n) is 4.52. The smallest absolute Gasteiger partial charge is 0.296 e. The Morgan fingerprint density at radius 3 is 2.71 bits per heavy atom. The van der Waals surface area contributed by atoms with E-state index >= 15 is 0 Å². The van der Waals surface area contributed by atoms with Gasteiger partial charge in [-0.15, -0.1) is 0 Å². The summed E-state index contributed by atoms with van der Waals surface area (Å²) in [4.78, 5) is 31.3. The SMILES string of the molecule is COC1=C(C(C)=O)C(c2ccccc2F)N(c2nc3ccc(Cl)cc3s2)C1=O. The Kier molecular flexibility index (Phi) is 4.64. The Balaban J connectivity index is 1.94. The molecule has 0 spiro atoms. The lowest BCUT2D eigenvalue weighted by Gasteiger charge is -2.24. The van der Waals surface area contributed by atoms with Crippen LogP contribution in [0.2, 0.25) is 5.02 Å². The van der Waals surface area contributed by atoms with E-state index in [2.05, 4.69) is 4.98 Å². The third kappa shape index (κ3) is 2.87. The first-order valence-corrected chi connectivity index (χ1v) is 9.55. The standard InChI is InChI=1S/C20H14ClFN2O3S/c1-10(25)16-17(12-5-3-4-6-13(12)22)24(19(26)18(16)27-2)20-23-14-8-7-11(21)9-15(14)28-20/h3-9,17H,1-2H3. The number of Topliss-reactive ketones (excluding diaryl/α,β-unsaturated/α-hetero) is 1. The van der Waals surface area contributed by atoms with Crippen LogP contribution in [-0.2, 0) is 14.3 Å². The van der Waals surface area contributed by atoms with Gasteiger partial charge in [0.05, 0.1) is 22.9 Å². The fourth-order valence-corrected chi connectivity index (χ4v) is 4.59. The van der Waals surface area contributed by atoms with Gasteiger partial charge in [-0.2, -0.15) is 0 Å². The fourth-order valence-electron chi connectivity index (χ4n) is 3.32. The summed E-state index contributed by atoms with van der Waals surface area (Å²) in [5, 5.41) is 0.877. The molecule has 1 aliphatic heterocycles. The van der Waals surface area contributed by atoms with Gasteiger partial charge in [0.15, 0.2) is 16.7 Å². The van der Waals surface area contributed by atoms with Crippen LogP contribution in [0.15, 0.2) is 53.8 Å². The number of hydrogen-bond donors (Lipinski definition) is 0. The molecule has 3 aromatic rings. The molecule has 1 atom stereocenters. The van der Waals surface area contributed by atoms with Gasteiger partial charge in [-0.05, 0) is 31.2 Å². The van der Waals surface area contributed by atoms with Crippen molar-refractivity contribution < 1.29 is 18.7 Å². The normalized spacial score (nSPS) is 16.9. The molecule has 0 fully saturated rings. The zero-order chi connectivity index (χ0) is 20.0. The number of rotatable bonds is 4. The van der Waals surface area contributed by atoms with E-state index in [4.69, 9.17) is 16.3 Å².